The number of aromatic nitrogens is 3. The molecule has 1 aromatic carbocycles. The van der Waals surface area contributed by atoms with Crippen molar-refractivity contribution in [2.24, 2.45) is 0 Å². The average Bonchev–Trinajstić information content (AvgIpc) is 3.28. The number of rotatable bonds is 6. The number of nitrogens with zero attached hydrogens (tertiary/aromatic N) is 3. The zero-order valence-electron chi connectivity index (χ0n) is 16.0. The van der Waals surface area contributed by atoms with Gasteiger partial charge in [-0.3, -0.25) is 4.79 Å². The second-order valence-electron chi connectivity index (χ2n) is 7.19. The fourth-order valence-electron chi connectivity index (χ4n) is 2.65. The minimum absolute atomic E-state index is 0.0492. The molecular weight excluding hydrogens is 376 g/mol. The lowest BCUT2D eigenvalue weighted by molar-refractivity contribution is -0.113. The van der Waals surface area contributed by atoms with Gasteiger partial charge in [-0.25, -0.2) is 0 Å². The largest absolute Gasteiger partial charge is 0.325 e. The molecule has 2 aromatic heterocycles. The van der Waals surface area contributed by atoms with Crippen molar-refractivity contribution in [3.8, 4) is 10.7 Å². The molecule has 0 radical (unpaired) electrons. The summed E-state index contributed by atoms with van der Waals surface area (Å²) in [6, 6.07) is 12.1. The first-order valence-electron chi connectivity index (χ1n) is 8.88. The summed E-state index contributed by atoms with van der Waals surface area (Å²) in [6.45, 7) is 9.34. The van der Waals surface area contributed by atoms with Crippen LogP contribution in [0.1, 0.15) is 33.3 Å². The Bertz CT molecular complexity index is 893. The van der Waals surface area contributed by atoms with Gasteiger partial charge >= 0.3 is 0 Å². The highest BCUT2D eigenvalue weighted by atomic mass is 32.2. The first kappa shape index (κ1) is 19.6. The molecule has 142 valence electrons. The summed E-state index contributed by atoms with van der Waals surface area (Å²) in [5, 5.41) is 14.3. The Morgan fingerprint density at radius 1 is 1.19 bits per heavy atom. The van der Waals surface area contributed by atoms with Crippen LogP contribution in [0.3, 0.4) is 0 Å². The topological polar surface area (TPSA) is 59.8 Å². The van der Waals surface area contributed by atoms with E-state index in [0.717, 1.165) is 28.1 Å². The summed E-state index contributed by atoms with van der Waals surface area (Å²) in [5.74, 6) is 1.10. The average molecular weight is 401 g/mol. The number of benzene rings is 1. The van der Waals surface area contributed by atoms with E-state index in [1.54, 1.807) is 11.3 Å². The Balaban J connectivity index is 1.61. The maximum atomic E-state index is 12.3. The third-order valence-electron chi connectivity index (χ3n) is 4.14. The van der Waals surface area contributed by atoms with Crippen LogP contribution in [-0.2, 0) is 16.8 Å². The van der Waals surface area contributed by atoms with Crippen molar-refractivity contribution in [1.82, 2.24) is 14.8 Å². The monoisotopic (exact) mass is 400 g/mol. The van der Waals surface area contributed by atoms with Gasteiger partial charge in [0.25, 0.3) is 0 Å². The lowest BCUT2D eigenvalue weighted by Crippen LogP contribution is -2.15. The second-order valence-corrected chi connectivity index (χ2v) is 9.08. The Morgan fingerprint density at radius 3 is 2.52 bits per heavy atom. The lowest BCUT2D eigenvalue weighted by atomic mass is 9.87. The molecule has 0 saturated heterocycles. The molecule has 0 fully saturated rings. The molecule has 0 bridgehead atoms. The van der Waals surface area contributed by atoms with Crippen LogP contribution in [0.2, 0.25) is 0 Å². The van der Waals surface area contributed by atoms with Gasteiger partial charge in [-0.2, -0.15) is 0 Å². The molecular formula is C20H24N4OS2. The number of hydrogen-bond donors (Lipinski definition) is 1. The van der Waals surface area contributed by atoms with Crippen molar-refractivity contribution in [2.75, 3.05) is 11.1 Å². The van der Waals surface area contributed by atoms with Gasteiger partial charge in [0.1, 0.15) is 0 Å². The Hall–Kier alpha value is -2.12. The van der Waals surface area contributed by atoms with Crippen molar-refractivity contribution in [1.29, 1.82) is 0 Å². The molecule has 3 rings (SSSR count). The van der Waals surface area contributed by atoms with E-state index in [0.29, 0.717) is 5.75 Å². The molecule has 0 aliphatic rings. The molecule has 27 heavy (non-hydrogen) atoms. The van der Waals surface area contributed by atoms with Gasteiger partial charge < -0.3 is 9.88 Å². The molecule has 0 aliphatic heterocycles. The fraction of sp³-hybridized carbons (Fsp3) is 0.350. The van der Waals surface area contributed by atoms with Gasteiger partial charge in [0.05, 0.1) is 10.6 Å². The highest BCUT2D eigenvalue weighted by molar-refractivity contribution is 7.99. The van der Waals surface area contributed by atoms with Crippen LogP contribution in [0, 0.1) is 0 Å². The van der Waals surface area contributed by atoms with E-state index >= 15 is 0 Å². The summed E-state index contributed by atoms with van der Waals surface area (Å²) < 4.78 is 2.04. The van der Waals surface area contributed by atoms with E-state index in [9.17, 15) is 4.79 Å². The van der Waals surface area contributed by atoms with Crippen molar-refractivity contribution in [3.05, 3.63) is 47.3 Å². The third kappa shape index (κ3) is 4.78. The molecule has 0 spiro atoms. The van der Waals surface area contributed by atoms with Crippen molar-refractivity contribution >= 4 is 34.7 Å². The number of amides is 1. The van der Waals surface area contributed by atoms with E-state index in [1.807, 2.05) is 34.2 Å². The van der Waals surface area contributed by atoms with E-state index < -0.39 is 0 Å². The van der Waals surface area contributed by atoms with Crippen LogP contribution < -0.4 is 5.32 Å². The van der Waals surface area contributed by atoms with Gasteiger partial charge in [-0.1, -0.05) is 50.7 Å². The molecule has 1 N–H and O–H groups in total. The molecule has 0 unspecified atom stereocenters. The number of carbonyl (C=O) groups is 1. The lowest BCUT2D eigenvalue weighted by Gasteiger charge is -2.19. The van der Waals surface area contributed by atoms with E-state index in [2.05, 4.69) is 55.3 Å². The Morgan fingerprint density at radius 2 is 1.93 bits per heavy atom. The number of nitrogens with one attached hydrogen (secondary N) is 1. The SMILES string of the molecule is CCn1c(SCC(=O)Nc2ccc(C(C)(C)C)cc2)nnc1-c1cccs1. The fourth-order valence-corrected chi connectivity index (χ4v) is 4.17. The molecule has 0 saturated carbocycles. The normalized spacial score (nSPS) is 11.6. The summed E-state index contributed by atoms with van der Waals surface area (Å²) in [7, 11) is 0. The first-order chi connectivity index (χ1) is 12.9. The first-order valence-corrected chi connectivity index (χ1v) is 10.8. The highest BCUT2D eigenvalue weighted by Gasteiger charge is 2.16. The number of carbonyl (C=O) groups excluding carboxylic acids is 1. The van der Waals surface area contributed by atoms with Gasteiger partial charge in [0.2, 0.25) is 5.91 Å². The molecule has 1 amide bonds. The van der Waals surface area contributed by atoms with Crippen LogP contribution in [0.4, 0.5) is 5.69 Å². The van der Waals surface area contributed by atoms with E-state index in [-0.39, 0.29) is 11.3 Å². The Labute approximate surface area is 168 Å². The van der Waals surface area contributed by atoms with Gasteiger partial charge in [-0.05, 0) is 41.5 Å². The molecule has 3 aromatic rings. The third-order valence-corrected chi connectivity index (χ3v) is 5.97. The Kier molecular flexibility index (Phi) is 6.01. The summed E-state index contributed by atoms with van der Waals surface area (Å²) in [5.41, 5.74) is 2.15. The number of thiophene rings is 1. The standard InChI is InChI=1S/C20H24N4OS2/c1-5-24-18(16-7-6-12-26-16)22-23-19(24)27-13-17(25)21-15-10-8-14(9-11-15)20(2,3)4/h6-12H,5,13H2,1-4H3,(H,21,25). The van der Waals surface area contributed by atoms with Crippen molar-refractivity contribution in [3.63, 3.8) is 0 Å². The van der Waals surface area contributed by atoms with Crippen LogP contribution in [0.15, 0.2) is 46.9 Å². The minimum Gasteiger partial charge on any atom is -0.325 e. The van der Waals surface area contributed by atoms with Crippen molar-refractivity contribution in [2.45, 2.75) is 44.8 Å². The smallest absolute Gasteiger partial charge is 0.234 e. The van der Waals surface area contributed by atoms with Crippen LogP contribution in [-0.4, -0.2) is 26.4 Å². The maximum Gasteiger partial charge on any atom is 0.234 e. The van der Waals surface area contributed by atoms with Gasteiger partial charge in [0, 0.05) is 12.2 Å². The second kappa shape index (κ2) is 8.27. The molecule has 5 nitrogen and oxygen atoms in total. The highest BCUT2D eigenvalue weighted by Crippen LogP contribution is 2.27. The number of hydrogen-bond acceptors (Lipinski definition) is 5. The predicted molar refractivity (Wildman–Crippen MR) is 114 cm³/mol. The zero-order chi connectivity index (χ0) is 19.4. The number of thioether (sulfide) groups is 1. The summed E-state index contributed by atoms with van der Waals surface area (Å²) in [6.07, 6.45) is 0. The molecule has 7 heteroatoms. The maximum absolute atomic E-state index is 12.3. The van der Waals surface area contributed by atoms with Crippen LogP contribution in [0.5, 0.6) is 0 Å². The molecule has 2 heterocycles. The number of anilines is 1. The van der Waals surface area contributed by atoms with Crippen LogP contribution >= 0.6 is 23.1 Å². The zero-order valence-corrected chi connectivity index (χ0v) is 17.7. The van der Waals surface area contributed by atoms with Gasteiger partial charge in [0.15, 0.2) is 11.0 Å². The quantitative estimate of drug-likeness (QED) is 0.588. The summed E-state index contributed by atoms with van der Waals surface area (Å²) >= 11 is 3.04. The van der Waals surface area contributed by atoms with Crippen LogP contribution in [0.25, 0.3) is 10.7 Å². The minimum atomic E-state index is -0.0492. The molecule has 0 aliphatic carbocycles. The van der Waals surface area contributed by atoms with Crippen molar-refractivity contribution < 1.29 is 4.79 Å². The van der Waals surface area contributed by atoms with E-state index in [4.69, 9.17) is 0 Å². The van der Waals surface area contributed by atoms with E-state index in [1.165, 1.54) is 17.3 Å². The van der Waals surface area contributed by atoms with Gasteiger partial charge in [-0.15, -0.1) is 21.5 Å². The summed E-state index contributed by atoms with van der Waals surface area (Å²) in [4.78, 5) is 13.4. The predicted octanol–water partition coefficient (Wildman–Crippen LogP) is 5.05. The molecule has 0 atom stereocenters.